The van der Waals surface area contributed by atoms with Gasteiger partial charge in [-0.3, -0.25) is 10.1 Å². The van der Waals surface area contributed by atoms with Crippen LogP contribution in [0.15, 0.2) is 84.9 Å². The molecule has 0 amide bonds. The zero-order chi connectivity index (χ0) is 18.1. The SMILES string of the molecule is CC(c1ccccc1)c1ccccc1.CCc1ccc([N+](=O)[O-])cc1. The topological polar surface area (TPSA) is 43.1 Å². The fraction of sp³-hybridized carbons (Fsp3) is 0.182. The second-order valence-corrected chi connectivity index (χ2v) is 5.82. The minimum absolute atomic E-state index is 0.155. The Hall–Kier alpha value is -2.94. The zero-order valence-corrected chi connectivity index (χ0v) is 14.6. The van der Waals surface area contributed by atoms with Crippen molar-refractivity contribution in [1.82, 2.24) is 0 Å². The summed E-state index contributed by atoms with van der Waals surface area (Å²) < 4.78 is 0. The summed E-state index contributed by atoms with van der Waals surface area (Å²) in [7, 11) is 0. The standard InChI is InChI=1S/C14H14.C8H9NO2/c1-12(13-8-4-2-5-9-13)14-10-6-3-7-11-14;1-2-7-3-5-8(6-4-7)9(10)11/h2-12H,1H3;3-6H,2H2,1H3. The van der Waals surface area contributed by atoms with Crippen molar-refractivity contribution in [1.29, 1.82) is 0 Å². The van der Waals surface area contributed by atoms with Crippen molar-refractivity contribution in [2.75, 3.05) is 0 Å². The largest absolute Gasteiger partial charge is 0.269 e. The molecule has 3 aromatic carbocycles. The maximum Gasteiger partial charge on any atom is 0.269 e. The maximum atomic E-state index is 10.2. The molecule has 0 N–H and O–H groups in total. The third-order valence-electron chi connectivity index (χ3n) is 4.15. The van der Waals surface area contributed by atoms with Gasteiger partial charge >= 0.3 is 0 Å². The Labute approximate surface area is 149 Å². The Morgan fingerprint density at radius 1 is 0.800 bits per heavy atom. The quantitative estimate of drug-likeness (QED) is 0.434. The van der Waals surface area contributed by atoms with Gasteiger partial charge in [0, 0.05) is 18.1 Å². The predicted octanol–water partition coefficient (Wildman–Crippen LogP) is 6.00. The van der Waals surface area contributed by atoms with Crippen LogP contribution in [0.4, 0.5) is 5.69 Å². The van der Waals surface area contributed by atoms with Crippen molar-refractivity contribution in [3.8, 4) is 0 Å². The second kappa shape index (κ2) is 9.38. The van der Waals surface area contributed by atoms with Crippen LogP contribution < -0.4 is 0 Å². The van der Waals surface area contributed by atoms with E-state index in [9.17, 15) is 10.1 Å². The fourth-order valence-corrected chi connectivity index (χ4v) is 2.53. The van der Waals surface area contributed by atoms with Crippen LogP contribution in [-0.4, -0.2) is 4.92 Å². The van der Waals surface area contributed by atoms with Gasteiger partial charge in [-0.05, 0) is 23.1 Å². The number of nitrogens with zero attached hydrogens (tertiary/aromatic N) is 1. The lowest BCUT2D eigenvalue weighted by molar-refractivity contribution is -0.384. The molecule has 0 aromatic heterocycles. The third-order valence-corrected chi connectivity index (χ3v) is 4.15. The van der Waals surface area contributed by atoms with E-state index in [1.54, 1.807) is 12.1 Å². The molecule has 0 aliphatic rings. The average molecular weight is 333 g/mol. The first-order valence-corrected chi connectivity index (χ1v) is 8.45. The first-order valence-electron chi connectivity index (χ1n) is 8.45. The Morgan fingerprint density at radius 3 is 1.60 bits per heavy atom. The van der Waals surface area contributed by atoms with Crippen molar-refractivity contribution in [3.05, 3.63) is 112 Å². The van der Waals surface area contributed by atoms with Crippen LogP contribution in [0.1, 0.15) is 36.5 Å². The molecule has 0 aliphatic heterocycles. The predicted molar refractivity (Wildman–Crippen MR) is 103 cm³/mol. The first kappa shape index (κ1) is 18.4. The zero-order valence-electron chi connectivity index (χ0n) is 14.6. The van der Waals surface area contributed by atoms with Crippen molar-refractivity contribution in [2.45, 2.75) is 26.2 Å². The number of nitro groups is 1. The molecule has 3 heteroatoms. The van der Waals surface area contributed by atoms with Crippen molar-refractivity contribution < 1.29 is 4.92 Å². The molecular formula is C22H23NO2. The van der Waals surface area contributed by atoms with E-state index in [0.717, 1.165) is 12.0 Å². The monoisotopic (exact) mass is 333 g/mol. The Balaban J connectivity index is 0.000000186. The maximum absolute atomic E-state index is 10.2. The van der Waals surface area contributed by atoms with Crippen molar-refractivity contribution in [2.24, 2.45) is 0 Å². The molecular weight excluding hydrogens is 310 g/mol. The molecule has 0 saturated carbocycles. The molecule has 0 unspecified atom stereocenters. The number of aryl methyl sites for hydroxylation is 1. The molecule has 0 spiro atoms. The van der Waals surface area contributed by atoms with E-state index in [-0.39, 0.29) is 10.6 Å². The number of nitro benzene ring substituents is 1. The number of rotatable bonds is 4. The van der Waals surface area contributed by atoms with Crippen LogP contribution in [0.25, 0.3) is 0 Å². The van der Waals surface area contributed by atoms with Gasteiger partial charge in [0.2, 0.25) is 0 Å². The molecule has 0 heterocycles. The molecule has 0 atom stereocenters. The molecule has 0 bridgehead atoms. The van der Waals surface area contributed by atoms with Gasteiger partial charge < -0.3 is 0 Å². The van der Waals surface area contributed by atoms with Crippen LogP contribution >= 0.6 is 0 Å². The highest BCUT2D eigenvalue weighted by atomic mass is 16.6. The summed E-state index contributed by atoms with van der Waals surface area (Å²) in [5.74, 6) is 0.484. The molecule has 25 heavy (non-hydrogen) atoms. The van der Waals surface area contributed by atoms with Crippen LogP contribution in [0.3, 0.4) is 0 Å². The second-order valence-electron chi connectivity index (χ2n) is 5.82. The molecule has 3 rings (SSSR count). The van der Waals surface area contributed by atoms with Crippen LogP contribution in [0.5, 0.6) is 0 Å². The summed E-state index contributed by atoms with van der Waals surface area (Å²) >= 11 is 0. The number of hydrogen-bond donors (Lipinski definition) is 0. The van der Waals surface area contributed by atoms with E-state index in [4.69, 9.17) is 0 Å². The van der Waals surface area contributed by atoms with Crippen LogP contribution in [0.2, 0.25) is 0 Å². The highest BCUT2D eigenvalue weighted by molar-refractivity contribution is 5.33. The normalized spacial score (nSPS) is 10.0. The lowest BCUT2D eigenvalue weighted by Gasteiger charge is -2.11. The number of hydrogen-bond acceptors (Lipinski definition) is 2. The summed E-state index contributed by atoms with van der Waals surface area (Å²) in [5, 5.41) is 10.2. The summed E-state index contributed by atoms with van der Waals surface area (Å²) in [5.41, 5.74) is 4.02. The fourth-order valence-electron chi connectivity index (χ4n) is 2.53. The van der Waals surface area contributed by atoms with E-state index in [1.165, 1.54) is 23.3 Å². The molecule has 0 radical (unpaired) electrons. The minimum Gasteiger partial charge on any atom is -0.258 e. The van der Waals surface area contributed by atoms with Gasteiger partial charge in [0.15, 0.2) is 0 Å². The van der Waals surface area contributed by atoms with Gasteiger partial charge in [-0.15, -0.1) is 0 Å². The first-order chi connectivity index (χ1) is 12.1. The lowest BCUT2D eigenvalue weighted by atomic mass is 9.93. The van der Waals surface area contributed by atoms with Crippen molar-refractivity contribution >= 4 is 5.69 Å². The van der Waals surface area contributed by atoms with E-state index in [0.29, 0.717) is 5.92 Å². The molecule has 3 nitrogen and oxygen atoms in total. The van der Waals surface area contributed by atoms with Crippen molar-refractivity contribution in [3.63, 3.8) is 0 Å². The average Bonchev–Trinajstić information content (AvgIpc) is 2.69. The van der Waals surface area contributed by atoms with Gasteiger partial charge in [-0.2, -0.15) is 0 Å². The highest BCUT2D eigenvalue weighted by Crippen LogP contribution is 2.22. The Morgan fingerprint density at radius 2 is 1.24 bits per heavy atom. The Kier molecular flexibility index (Phi) is 6.90. The molecule has 128 valence electrons. The number of non-ortho nitro benzene ring substituents is 1. The smallest absolute Gasteiger partial charge is 0.258 e. The Bertz CT molecular complexity index is 729. The highest BCUT2D eigenvalue weighted by Gasteiger charge is 2.05. The summed E-state index contributed by atoms with van der Waals surface area (Å²) in [6.07, 6.45) is 0.915. The van der Waals surface area contributed by atoms with E-state index in [1.807, 2.05) is 6.92 Å². The summed E-state index contributed by atoms with van der Waals surface area (Å²) in [6, 6.07) is 27.8. The van der Waals surface area contributed by atoms with E-state index < -0.39 is 0 Å². The summed E-state index contributed by atoms with van der Waals surface area (Å²) in [4.78, 5) is 9.82. The summed E-state index contributed by atoms with van der Waals surface area (Å²) in [6.45, 7) is 4.26. The molecule has 3 aromatic rings. The van der Waals surface area contributed by atoms with Gasteiger partial charge in [0.25, 0.3) is 5.69 Å². The van der Waals surface area contributed by atoms with Gasteiger partial charge in [0.1, 0.15) is 0 Å². The molecule has 0 aliphatic carbocycles. The van der Waals surface area contributed by atoms with Crippen LogP contribution in [0, 0.1) is 10.1 Å². The third kappa shape index (κ3) is 5.57. The molecule has 0 saturated heterocycles. The number of benzene rings is 3. The lowest BCUT2D eigenvalue weighted by Crippen LogP contribution is -1.94. The van der Waals surface area contributed by atoms with Gasteiger partial charge in [-0.1, -0.05) is 86.6 Å². The van der Waals surface area contributed by atoms with E-state index in [2.05, 4.69) is 67.6 Å². The minimum atomic E-state index is -0.389. The van der Waals surface area contributed by atoms with Gasteiger partial charge in [0.05, 0.1) is 4.92 Å². The van der Waals surface area contributed by atoms with E-state index >= 15 is 0 Å². The van der Waals surface area contributed by atoms with Crippen LogP contribution in [-0.2, 0) is 6.42 Å². The molecule has 0 fully saturated rings. The van der Waals surface area contributed by atoms with Gasteiger partial charge in [-0.25, -0.2) is 0 Å².